The molecule has 2 aromatic carbocycles. The zero-order valence-corrected chi connectivity index (χ0v) is 15.6. The van der Waals surface area contributed by atoms with Gasteiger partial charge in [-0.25, -0.2) is 13.8 Å². The van der Waals surface area contributed by atoms with Crippen molar-refractivity contribution < 1.29 is 13.6 Å². The van der Waals surface area contributed by atoms with Gasteiger partial charge in [0.25, 0.3) is 5.91 Å². The summed E-state index contributed by atoms with van der Waals surface area (Å²) in [6.45, 7) is 1.88. The van der Waals surface area contributed by atoms with E-state index in [0.29, 0.717) is 17.7 Å². The third-order valence-electron chi connectivity index (χ3n) is 3.87. The van der Waals surface area contributed by atoms with Crippen molar-refractivity contribution in [1.82, 2.24) is 9.97 Å². The maximum Gasteiger partial charge on any atom is 0.258 e. The first-order valence-corrected chi connectivity index (χ1v) is 8.48. The van der Waals surface area contributed by atoms with Crippen LogP contribution in [0, 0.1) is 18.6 Å². The zero-order valence-electron chi connectivity index (χ0n) is 15.6. The standard InChI is InChI=1S/C20H19F2N5O/c1-12-10-18(27(2)3)26-20(23-12)25-15-7-5-14(6-8-15)24-19(28)16-9-4-13(21)11-17(16)22/h4-11H,1-3H3,(H,24,28)(H,23,25,26). The van der Waals surface area contributed by atoms with Gasteiger partial charge in [-0.3, -0.25) is 4.79 Å². The second-order valence-electron chi connectivity index (χ2n) is 6.37. The van der Waals surface area contributed by atoms with Crippen LogP contribution in [0.3, 0.4) is 0 Å². The summed E-state index contributed by atoms with van der Waals surface area (Å²) < 4.78 is 26.7. The van der Waals surface area contributed by atoms with Gasteiger partial charge in [0.15, 0.2) is 0 Å². The highest BCUT2D eigenvalue weighted by Gasteiger charge is 2.13. The number of amides is 1. The van der Waals surface area contributed by atoms with Crippen molar-refractivity contribution in [2.75, 3.05) is 29.6 Å². The van der Waals surface area contributed by atoms with Gasteiger partial charge in [-0.1, -0.05) is 0 Å². The third kappa shape index (κ3) is 4.59. The number of rotatable bonds is 5. The fourth-order valence-corrected chi connectivity index (χ4v) is 2.47. The van der Waals surface area contributed by atoms with Gasteiger partial charge in [-0.05, 0) is 43.3 Å². The molecule has 144 valence electrons. The van der Waals surface area contributed by atoms with Crippen molar-refractivity contribution in [3.05, 3.63) is 71.4 Å². The lowest BCUT2D eigenvalue weighted by Crippen LogP contribution is -2.14. The van der Waals surface area contributed by atoms with E-state index in [1.54, 1.807) is 24.3 Å². The molecular formula is C20H19F2N5O. The summed E-state index contributed by atoms with van der Waals surface area (Å²) in [5.74, 6) is -1.07. The normalized spacial score (nSPS) is 10.5. The maximum atomic E-state index is 13.7. The van der Waals surface area contributed by atoms with Gasteiger partial charge in [0, 0.05) is 43.3 Å². The number of aryl methyl sites for hydroxylation is 1. The predicted molar refractivity (Wildman–Crippen MR) is 105 cm³/mol. The molecule has 0 aliphatic heterocycles. The van der Waals surface area contributed by atoms with E-state index in [1.165, 1.54) is 0 Å². The van der Waals surface area contributed by atoms with E-state index >= 15 is 0 Å². The van der Waals surface area contributed by atoms with E-state index in [9.17, 15) is 13.6 Å². The van der Waals surface area contributed by atoms with Crippen molar-refractivity contribution in [3.8, 4) is 0 Å². The fourth-order valence-electron chi connectivity index (χ4n) is 2.47. The Morgan fingerprint density at radius 3 is 2.29 bits per heavy atom. The van der Waals surface area contributed by atoms with Crippen LogP contribution in [0.5, 0.6) is 0 Å². The Kier molecular flexibility index (Phi) is 5.49. The summed E-state index contributed by atoms with van der Waals surface area (Å²) in [6.07, 6.45) is 0. The molecule has 0 saturated carbocycles. The van der Waals surface area contributed by atoms with Crippen LogP contribution in [0.25, 0.3) is 0 Å². The molecule has 1 heterocycles. The molecule has 2 N–H and O–H groups in total. The number of anilines is 4. The van der Waals surface area contributed by atoms with Crippen LogP contribution in [-0.4, -0.2) is 30.0 Å². The number of halogens is 2. The summed E-state index contributed by atoms with van der Waals surface area (Å²) in [7, 11) is 3.79. The Bertz CT molecular complexity index is 1010. The largest absolute Gasteiger partial charge is 0.363 e. The van der Waals surface area contributed by atoms with E-state index in [2.05, 4.69) is 20.6 Å². The molecule has 0 aliphatic rings. The number of hydrogen-bond acceptors (Lipinski definition) is 5. The molecule has 3 aromatic rings. The number of benzene rings is 2. The number of hydrogen-bond donors (Lipinski definition) is 2. The topological polar surface area (TPSA) is 70.2 Å². The third-order valence-corrected chi connectivity index (χ3v) is 3.87. The van der Waals surface area contributed by atoms with E-state index in [0.717, 1.165) is 29.3 Å². The molecule has 0 unspecified atom stereocenters. The minimum absolute atomic E-state index is 0.229. The highest BCUT2D eigenvalue weighted by Crippen LogP contribution is 2.20. The van der Waals surface area contributed by atoms with Crippen LogP contribution in [0.2, 0.25) is 0 Å². The van der Waals surface area contributed by atoms with E-state index < -0.39 is 17.5 Å². The highest BCUT2D eigenvalue weighted by molar-refractivity contribution is 6.04. The van der Waals surface area contributed by atoms with E-state index in [-0.39, 0.29) is 5.56 Å². The van der Waals surface area contributed by atoms with Crippen LogP contribution in [-0.2, 0) is 0 Å². The minimum atomic E-state index is -0.913. The Morgan fingerprint density at radius 2 is 1.64 bits per heavy atom. The first kappa shape index (κ1) is 19.2. The van der Waals surface area contributed by atoms with Gasteiger partial charge >= 0.3 is 0 Å². The van der Waals surface area contributed by atoms with Crippen molar-refractivity contribution in [3.63, 3.8) is 0 Å². The lowest BCUT2D eigenvalue weighted by molar-refractivity contribution is 0.102. The second kappa shape index (κ2) is 7.99. The molecule has 6 nitrogen and oxygen atoms in total. The Balaban J connectivity index is 1.71. The minimum Gasteiger partial charge on any atom is -0.363 e. The Hall–Kier alpha value is -3.55. The number of nitrogens with one attached hydrogen (secondary N) is 2. The van der Waals surface area contributed by atoms with Gasteiger partial charge in [0.1, 0.15) is 17.5 Å². The molecule has 0 fully saturated rings. The first-order chi connectivity index (χ1) is 13.3. The molecule has 1 amide bonds. The Morgan fingerprint density at radius 1 is 0.964 bits per heavy atom. The maximum absolute atomic E-state index is 13.7. The molecule has 0 aliphatic carbocycles. The highest BCUT2D eigenvalue weighted by atomic mass is 19.1. The van der Waals surface area contributed by atoms with Crippen LogP contribution in [0.1, 0.15) is 16.1 Å². The van der Waals surface area contributed by atoms with Crippen molar-refractivity contribution >= 4 is 29.0 Å². The van der Waals surface area contributed by atoms with E-state index in [4.69, 9.17) is 0 Å². The first-order valence-electron chi connectivity index (χ1n) is 8.48. The van der Waals surface area contributed by atoms with Crippen LogP contribution in [0.4, 0.5) is 31.9 Å². The number of carbonyl (C=O) groups is 1. The average Bonchev–Trinajstić information content (AvgIpc) is 2.62. The number of aromatic nitrogens is 2. The van der Waals surface area contributed by atoms with Crippen molar-refractivity contribution in [2.24, 2.45) is 0 Å². The lowest BCUT2D eigenvalue weighted by Gasteiger charge is -2.14. The van der Waals surface area contributed by atoms with Gasteiger partial charge < -0.3 is 15.5 Å². The van der Waals surface area contributed by atoms with Gasteiger partial charge in [0.05, 0.1) is 5.56 Å². The van der Waals surface area contributed by atoms with Crippen LogP contribution in [0.15, 0.2) is 48.5 Å². The number of carbonyl (C=O) groups excluding carboxylic acids is 1. The van der Waals surface area contributed by atoms with Crippen LogP contribution >= 0.6 is 0 Å². The summed E-state index contributed by atoms with van der Waals surface area (Å²) >= 11 is 0. The van der Waals surface area contributed by atoms with Crippen molar-refractivity contribution in [2.45, 2.75) is 6.92 Å². The second-order valence-corrected chi connectivity index (χ2v) is 6.37. The molecule has 8 heteroatoms. The van der Waals surface area contributed by atoms with E-state index in [1.807, 2.05) is 32.0 Å². The Labute approximate surface area is 161 Å². The summed E-state index contributed by atoms with van der Waals surface area (Å²) in [5, 5.41) is 5.68. The molecule has 1 aromatic heterocycles. The monoisotopic (exact) mass is 383 g/mol. The molecule has 0 radical (unpaired) electrons. The fraction of sp³-hybridized carbons (Fsp3) is 0.150. The molecule has 28 heavy (non-hydrogen) atoms. The SMILES string of the molecule is Cc1cc(N(C)C)nc(Nc2ccc(NC(=O)c3ccc(F)cc3F)cc2)n1. The van der Waals surface area contributed by atoms with Gasteiger partial charge in [-0.2, -0.15) is 4.98 Å². The number of nitrogens with zero attached hydrogens (tertiary/aromatic N) is 3. The molecule has 0 saturated heterocycles. The quantitative estimate of drug-likeness (QED) is 0.693. The summed E-state index contributed by atoms with van der Waals surface area (Å²) in [5.41, 5.74) is 1.79. The predicted octanol–water partition coefficient (Wildman–Crippen LogP) is 4.13. The summed E-state index contributed by atoms with van der Waals surface area (Å²) in [4.78, 5) is 22.8. The molecule has 0 atom stereocenters. The molecule has 0 bridgehead atoms. The van der Waals surface area contributed by atoms with Crippen molar-refractivity contribution in [1.29, 1.82) is 0 Å². The smallest absolute Gasteiger partial charge is 0.258 e. The van der Waals surface area contributed by atoms with Gasteiger partial charge in [0.2, 0.25) is 5.95 Å². The molecule has 3 rings (SSSR count). The van der Waals surface area contributed by atoms with Gasteiger partial charge in [-0.15, -0.1) is 0 Å². The zero-order chi connectivity index (χ0) is 20.3. The summed E-state index contributed by atoms with van der Waals surface area (Å²) in [6, 6.07) is 11.5. The lowest BCUT2D eigenvalue weighted by atomic mass is 10.2. The average molecular weight is 383 g/mol. The molecule has 0 spiro atoms. The van der Waals surface area contributed by atoms with Crippen LogP contribution < -0.4 is 15.5 Å². The molecular weight excluding hydrogens is 364 g/mol.